The lowest BCUT2D eigenvalue weighted by Gasteiger charge is -2.31. The van der Waals surface area contributed by atoms with E-state index < -0.39 is 0 Å². The Morgan fingerprint density at radius 2 is 1.86 bits per heavy atom. The Hall–Kier alpha value is -0.130. The van der Waals surface area contributed by atoms with Crippen LogP contribution in [0.2, 0.25) is 10.0 Å². The first-order valence-electron chi connectivity index (χ1n) is 6.48. The molecule has 0 aliphatic rings. The van der Waals surface area contributed by atoms with Crippen molar-refractivity contribution in [2.45, 2.75) is 37.1 Å². The Balaban J connectivity index is 0.00000400. The van der Waals surface area contributed by atoms with Crippen molar-refractivity contribution in [1.82, 2.24) is 5.32 Å². The summed E-state index contributed by atoms with van der Waals surface area (Å²) >= 11 is 13.7. The summed E-state index contributed by atoms with van der Waals surface area (Å²) in [5.41, 5.74) is 5.84. The summed E-state index contributed by atoms with van der Waals surface area (Å²) in [6.45, 7) is 4.41. The van der Waals surface area contributed by atoms with Crippen molar-refractivity contribution >= 4 is 53.3 Å². The van der Waals surface area contributed by atoms with E-state index in [1.54, 1.807) is 12.1 Å². The molecule has 7 heteroatoms. The Morgan fingerprint density at radius 3 is 2.29 bits per heavy atom. The lowest BCUT2D eigenvalue weighted by Crippen LogP contribution is -2.52. The van der Waals surface area contributed by atoms with Crippen LogP contribution in [-0.4, -0.2) is 24.2 Å². The van der Waals surface area contributed by atoms with E-state index in [1.807, 2.05) is 20.1 Å². The number of amides is 1. The van der Waals surface area contributed by atoms with Crippen LogP contribution >= 0.6 is 47.4 Å². The van der Waals surface area contributed by atoms with Crippen LogP contribution in [0.3, 0.4) is 0 Å². The number of rotatable bonds is 6. The summed E-state index contributed by atoms with van der Waals surface area (Å²) in [6.07, 6.45) is 3.44. The molecule has 21 heavy (non-hydrogen) atoms. The van der Waals surface area contributed by atoms with Gasteiger partial charge in [-0.15, -0.1) is 24.2 Å². The summed E-state index contributed by atoms with van der Waals surface area (Å²) in [5, 5.41) is 3.91. The zero-order valence-corrected chi connectivity index (χ0v) is 15.5. The minimum absolute atomic E-state index is 0. The molecule has 0 bridgehead atoms. The fourth-order valence-electron chi connectivity index (χ4n) is 1.93. The predicted octanol–water partition coefficient (Wildman–Crippen LogP) is 4.38. The van der Waals surface area contributed by atoms with Gasteiger partial charge in [-0.25, -0.2) is 0 Å². The molecule has 0 aliphatic carbocycles. The molecule has 0 atom stereocenters. The third kappa shape index (κ3) is 4.93. The topological polar surface area (TPSA) is 55.1 Å². The average molecular weight is 372 g/mol. The van der Waals surface area contributed by atoms with Crippen LogP contribution in [0.25, 0.3) is 0 Å². The van der Waals surface area contributed by atoms with Crippen molar-refractivity contribution in [2.75, 3.05) is 12.8 Å². The molecule has 0 aliphatic heterocycles. The van der Waals surface area contributed by atoms with E-state index in [0.29, 0.717) is 22.2 Å². The van der Waals surface area contributed by atoms with E-state index in [1.165, 1.54) is 11.8 Å². The Kier molecular flexibility index (Phi) is 9.05. The molecule has 120 valence electrons. The van der Waals surface area contributed by atoms with Gasteiger partial charge in [-0.05, 0) is 31.2 Å². The molecule has 0 spiro atoms. The number of benzene rings is 1. The maximum absolute atomic E-state index is 12.4. The SMILES string of the molecule is CCC(CC)(CN)NC(=O)c1cc(SC)c(Cl)cc1Cl.Cl. The zero-order chi connectivity index (χ0) is 15.3. The minimum Gasteiger partial charge on any atom is -0.345 e. The molecule has 1 aromatic carbocycles. The number of thioether (sulfide) groups is 1. The minimum atomic E-state index is -0.389. The van der Waals surface area contributed by atoms with Crippen LogP contribution < -0.4 is 11.1 Å². The Morgan fingerprint density at radius 1 is 1.29 bits per heavy atom. The third-order valence-corrected chi connectivity index (χ3v) is 5.12. The zero-order valence-electron chi connectivity index (χ0n) is 12.3. The summed E-state index contributed by atoms with van der Waals surface area (Å²) in [5.74, 6) is -0.212. The first-order valence-corrected chi connectivity index (χ1v) is 8.46. The van der Waals surface area contributed by atoms with Crippen molar-refractivity contribution < 1.29 is 4.79 Å². The van der Waals surface area contributed by atoms with Crippen molar-refractivity contribution in [1.29, 1.82) is 0 Å². The van der Waals surface area contributed by atoms with Gasteiger partial charge >= 0.3 is 0 Å². The third-order valence-electron chi connectivity index (χ3n) is 3.61. The number of nitrogens with one attached hydrogen (secondary N) is 1. The molecule has 0 aromatic heterocycles. The van der Waals surface area contributed by atoms with E-state index in [0.717, 1.165) is 17.7 Å². The highest BCUT2D eigenvalue weighted by Crippen LogP contribution is 2.31. The van der Waals surface area contributed by atoms with Gasteiger partial charge in [0, 0.05) is 11.4 Å². The molecular weight excluding hydrogens is 351 g/mol. The van der Waals surface area contributed by atoms with Crippen LogP contribution in [0.5, 0.6) is 0 Å². The van der Waals surface area contributed by atoms with Gasteiger partial charge in [0.05, 0.1) is 21.1 Å². The molecule has 0 saturated carbocycles. The van der Waals surface area contributed by atoms with Gasteiger partial charge in [-0.1, -0.05) is 37.0 Å². The molecule has 0 radical (unpaired) electrons. The lowest BCUT2D eigenvalue weighted by molar-refractivity contribution is 0.0895. The van der Waals surface area contributed by atoms with Gasteiger partial charge < -0.3 is 11.1 Å². The van der Waals surface area contributed by atoms with Crippen LogP contribution in [-0.2, 0) is 0 Å². The second-order valence-electron chi connectivity index (χ2n) is 4.61. The summed E-state index contributed by atoms with van der Waals surface area (Å²) in [7, 11) is 0. The number of carbonyl (C=O) groups excluding carboxylic acids is 1. The van der Waals surface area contributed by atoms with Crippen LogP contribution in [0.4, 0.5) is 0 Å². The van der Waals surface area contributed by atoms with Crippen LogP contribution in [0.15, 0.2) is 17.0 Å². The van der Waals surface area contributed by atoms with Crippen molar-refractivity contribution in [2.24, 2.45) is 5.73 Å². The first-order chi connectivity index (χ1) is 9.42. The molecule has 3 nitrogen and oxygen atoms in total. The predicted molar refractivity (Wildman–Crippen MR) is 95.3 cm³/mol. The number of nitrogens with two attached hydrogens (primary N) is 1. The van der Waals surface area contributed by atoms with Gasteiger partial charge in [0.2, 0.25) is 0 Å². The van der Waals surface area contributed by atoms with Gasteiger partial charge in [-0.3, -0.25) is 4.79 Å². The van der Waals surface area contributed by atoms with E-state index in [-0.39, 0.29) is 23.9 Å². The second-order valence-corrected chi connectivity index (χ2v) is 6.27. The molecular formula is C14H21Cl3N2OS. The van der Waals surface area contributed by atoms with E-state index in [9.17, 15) is 4.79 Å². The fraction of sp³-hybridized carbons (Fsp3) is 0.500. The molecule has 0 unspecified atom stereocenters. The Labute approximate surface area is 146 Å². The summed E-state index contributed by atoms with van der Waals surface area (Å²) in [6, 6.07) is 3.32. The highest BCUT2D eigenvalue weighted by molar-refractivity contribution is 7.98. The van der Waals surface area contributed by atoms with Gasteiger partial charge in [0.25, 0.3) is 5.91 Å². The average Bonchev–Trinajstić information content (AvgIpc) is 2.45. The van der Waals surface area contributed by atoms with Crippen LogP contribution in [0.1, 0.15) is 37.0 Å². The second kappa shape index (κ2) is 9.11. The van der Waals surface area contributed by atoms with E-state index in [4.69, 9.17) is 28.9 Å². The standard InChI is InChI=1S/C14H20Cl2N2OS.ClH/c1-4-14(5-2,8-17)18-13(19)9-6-12(20-3)11(16)7-10(9)15;/h6-7H,4-5,8,17H2,1-3H3,(H,18,19);1H. The largest absolute Gasteiger partial charge is 0.345 e. The molecule has 1 amide bonds. The van der Waals surface area contributed by atoms with Gasteiger partial charge in [0.1, 0.15) is 0 Å². The highest BCUT2D eigenvalue weighted by Gasteiger charge is 2.27. The van der Waals surface area contributed by atoms with Crippen molar-refractivity contribution in [3.8, 4) is 0 Å². The molecule has 3 N–H and O–H groups in total. The highest BCUT2D eigenvalue weighted by atomic mass is 35.5. The number of hydrogen-bond acceptors (Lipinski definition) is 3. The van der Waals surface area contributed by atoms with Gasteiger partial charge in [0.15, 0.2) is 0 Å². The maximum Gasteiger partial charge on any atom is 0.253 e. The summed E-state index contributed by atoms with van der Waals surface area (Å²) in [4.78, 5) is 13.3. The molecule has 0 heterocycles. The van der Waals surface area contributed by atoms with E-state index >= 15 is 0 Å². The maximum atomic E-state index is 12.4. The monoisotopic (exact) mass is 370 g/mol. The van der Waals surface area contributed by atoms with Crippen molar-refractivity contribution in [3.63, 3.8) is 0 Å². The molecule has 0 saturated heterocycles. The number of hydrogen-bond donors (Lipinski definition) is 2. The first kappa shape index (κ1) is 20.9. The number of carbonyl (C=O) groups is 1. The van der Waals surface area contributed by atoms with E-state index in [2.05, 4.69) is 5.32 Å². The van der Waals surface area contributed by atoms with Crippen molar-refractivity contribution in [3.05, 3.63) is 27.7 Å². The summed E-state index contributed by atoms with van der Waals surface area (Å²) < 4.78 is 0. The molecule has 1 rings (SSSR count). The smallest absolute Gasteiger partial charge is 0.253 e. The lowest BCUT2D eigenvalue weighted by atomic mass is 9.92. The molecule has 0 fully saturated rings. The normalized spacial score (nSPS) is 11.0. The fourth-order valence-corrected chi connectivity index (χ4v) is 3.12. The van der Waals surface area contributed by atoms with Crippen LogP contribution in [0, 0.1) is 0 Å². The Bertz CT molecular complexity index is 485. The number of halogens is 3. The van der Waals surface area contributed by atoms with Gasteiger partial charge in [-0.2, -0.15) is 0 Å². The molecule has 1 aromatic rings. The quantitative estimate of drug-likeness (QED) is 0.729.